The molecule has 0 aliphatic rings. The second kappa shape index (κ2) is 6.40. The van der Waals surface area contributed by atoms with E-state index in [0.29, 0.717) is 18.4 Å². The fourth-order valence-corrected chi connectivity index (χ4v) is 1.28. The highest BCUT2D eigenvalue weighted by Gasteiger charge is 2.04. The second-order valence-corrected chi connectivity index (χ2v) is 3.73. The van der Waals surface area contributed by atoms with Crippen molar-refractivity contribution in [1.29, 1.82) is 0 Å². The van der Waals surface area contributed by atoms with Crippen molar-refractivity contribution >= 4 is 21.9 Å². The number of halogens is 1. The van der Waals surface area contributed by atoms with Gasteiger partial charge in [-0.2, -0.15) is 4.98 Å². The summed E-state index contributed by atoms with van der Waals surface area (Å²) < 4.78 is 6.26. The summed E-state index contributed by atoms with van der Waals surface area (Å²) in [7, 11) is 1.77. The predicted molar refractivity (Wildman–Crippen MR) is 64.2 cm³/mol. The molecule has 0 amide bonds. The number of ether oxygens (including phenoxy) is 1. The van der Waals surface area contributed by atoms with Crippen LogP contribution < -0.4 is 10.1 Å². The van der Waals surface area contributed by atoms with Crippen LogP contribution in [0.25, 0.3) is 0 Å². The van der Waals surface area contributed by atoms with Crippen molar-refractivity contribution in [2.24, 2.45) is 0 Å². The van der Waals surface area contributed by atoms with Crippen molar-refractivity contribution in [1.82, 2.24) is 9.97 Å². The zero-order valence-corrected chi connectivity index (χ0v) is 10.2. The van der Waals surface area contributed by atoms with E-state index < -0.39 is 0 Å². The van der Waals surface area contributed by atoms with Crippen molar-refractivity contribution in [2.45, 2.75) is 12.8 Å². The number of aromatic nitrogens is 2. The predicted octanol–water partition coefficient (Wildman–Crippen LogP) is 2.63. The molecule has 1 rings (SSSR count). The van der Waals surface area contributed by atoms with Gasteiger partial charge >= 0.3 is 0 Å². The Hall–Kier alpha value is -1.10. The summed E-state index contributed by atoms with van der Waals surface area (Å²) >= 11 is 3.33. The van der Waals surface area contributed by atoms with Gasteiger partial charge in [-0.15, -0.1) is 6.58 Å². The normalized spacial score (nSPS) is 9.73. The Morgan fingerprint density at radius 1 is 1.67 bits per heavy atom. The maximum absolute atomic E-state index is 5.50. The van der Waals surface area contributed by atoms with Gasteiger partial charge in [-0.25, -0.2) is 4.98 Å². The average Bonchev–Trinajstić information content (AvgIpc) is 2.26. The molecular formula is C10H14BrN3O. The molecule has 1 aromatic rings. The van der Waals surface area contributed by atoms with Crippen molar-refractivity contribution in [3.63, 3.8) is 0 Å². The molecule has 0 fully saturated rings. The van der Waals surface area contributed by atoms with E-state index in [0.717, 1.165) is 17.3 Å². The fourth-order valence-electron chi connectivity index (χ4n) is 0.970. The van der Waals surface area contributed by atoms with Crippen LogP contribution in [-0.2, 0) is 0 Å². The number of rotatable bonds is 6. The molecule has 0 bridgehead atoms. The lowest BCUT2D eigenvalue weighted by atomic mass is 10.3. The monoisotopic (exact) mass is 271 g/mol. The third-order valence-electron chi connectivity index (χ3n) is 1.73. The zero-order valence-electron chi connectivity index (χ0n) is 8.66. The smallest absolute Gasteiger partial charge is 0.232 e. The van der Waals surface area contributed by atoms with E-state index in [1.54, 1.807) is 13.2 Å². The van der Waals surface area contributed by atoms with Crippen molar-refractivity contribution in [3.05, 3.63) is 23.3 Å². The van der Waals surface area contributed by atoms with Gasteiger partial charge in [-0.1, -0.05) is 6.08 Å². The summed E-state index contributed by atoms with van der Waals surface area (Å²) in [6, 6.07) is 0. The highest BCUT2D eigenvalue weighted by molar-refractivity contribution is 9.10. The molecule has 0 saturated heterocycles. The van der Waals surface area contributed by atoms with Crippen molar-refractivity contribution in [2.75, 3.05) is 19.0 Å². The molecule has 1 heterocycles. The Bertz CT molecular complexity index is 330. The van der Waals surface area contributed by atoms with Crippen molar-refractivity contribution in [3.8, 4) is 5.88 Å². The molecule has 5 heteroatoms. The lowest BCUT2D eigenvalue weighted by Crippen LogP contribution is -2.03. The van der Waals surface area contributed by atoms with E-state index in [4.69, 9.17) is 4.74 Å². The van der Waals surface area contributed by atoms with E-state index in [2.05, 4.69) is 37.8 Å². The molecule has 15 heavy (non-hydrogen) atoms. The van der Waals surface area contributed by atoms with Crippen LogP contribution in [-0.4, -0.2) is 23.6 Å². The summed E-state index contributed by atoms with van der Waals surface area (Å²) in [4.78, 5) is 8.21. The molecule has 0 aliphatic heterocycles. The summed E-state index contributed by atoms with van der Waals surface area (Å²) in [6.07, 6.45) is 5.43. The Morgan fingerprint density at radius 3 is 3.13 bits per heavy atom. The molecule has 0 unspecified atom stereocenters. The number of hydrogen-bond acceptors (Lipinski definition) is 4. The van der Waals surface area contributed by atoms with Crippen LogP contribution in [0.3, 0.4) is 0 Å². The topological polar surface area (TPSA) is 47.0 Å². The van der Waals surface area contributed by atoms with Crippen LogP contribution in [0.1, 0.15) is 12.8 Å². The third kappa shape index (κ3) is 3.87. The van der Waals surface area contributed by atoms with Gasteiger partial charge in [0.25, 0.3) is 0 Å². The molecule has 0 aromatic carbocycles. The first-order valence-electron chi connectivity index (χ1n) is 4.72. The molecule has 0 aliphatic carbocycles. The zero-order chi connectivity index (χ0) is 11.1. The van der Waals surface area contributed by atoms with E-state index in [1.807, 2.05) is 6.08 Å². The minimum Gasteiger partial charge on any atom is -0.477 e. The molecule has 4 nitrogen and oxygen atoms in total. The fraction of sp³-hybridized carbons (Fsp3) is 0.400. The highest BCUT2D eigenvalue weighted by atomic mass is 79.9. The molecule has 0 saturated carbocycles. The Balaban J connectivity index is 2.54. The average molecular weight is 272 g/mol. The molecular weight excluding hydrogens is 258 g/mol. The van der Waals surface area contributed by atoms with Gasteiger partial charge in [-0.05, 0) is 28.8 Å². The minimum absolute atomic E-state index is 0.553. The number of anilines is 1. The van der Waals surface area contributed by atoms with Crippen LogP contribution in [0, 0.1) is 0 Å². The molecule has 82 valence electrons. The SMILES string of the molecule is C=CCCCOc1nc(NC)ncc1Br. The number of nitrogens with zero attached hydrogens (tertiary/aromatic N) is 2. The quantitative estimate of drug-likeness (QED) is 0.638. The number of unbranched alkanes of at least 4 members (excludes halogenated alkanes) is 1. The number of nitrogens with one attached hydrogen (secondary N) is 1. The van der Waals surface area contributed by atoms with E-state index in [1.165, 1.54) is 0 Å². The van der Waals surface area contributed by atoms with Gasteiger partial charge in [0.05, 0.1) is 17.3 Å². The van der Waals surface area contributed by atoms with E-state index >= 15 is 0 Å². The molecule has 0 radical (unpaired) electrons. The van der Waals surface area contributed by atoms with Gasteiger partial charge in [-0.3, -0.25) is 0 Å². The number of allylic oxidation sites excluding steroid dienone is 1. The molecule has 0 atom stereocenters. The molecule has 1 N–H and O–H groups in total. The van der Waals surface area contributed by atoms with E-state index in [9.17, 15) is 0 Å². The lowest BCUT2D eigenvalue weighted by molar-refractivity contribution is 0.298. The summed E-state index contributed by atoms with van der Waals surface area (Å²) in [5.41, 5.74) is 0. The molecule has 0 spiro atoms. The van der Waals surface area contributed by atoms with Crippen molar-refractivity contribution < 1.29 is 4.74 Å². The summed E-state index contributed by atoms with van der Waals surface area (Å²) in [5.74, 6) is 1.12. The lowest BCUT2D eigenvalue weighted by Gasteiger charge is -2.07. The van der Waals surface area contributed by atoms with Crippen LogP contribution in [0.4, 0.5) is 5.95 Å². The van der Waals surface area contributed by atoms with Crippen LogP contribution in [0.2, 0.25) is 0 Å². The molecule has 1 aromatic heterocycles. The standard InChI is InChI=1S/C10H14BrN3O/c1-3-4-5-6-15-9-8(11)7-13-10(12-2)14-9/h3,7H,1,4-6H2,2H3,(H,12,13,14). The van der Waals surface area contributed by atoms with Gasteiger partial charge in [0, 0.05) is 7.05 Å². The first kappa shape index (κ1) is 12.0. The van der Waals surface area contributed by atoms with Gasteiger partial charge < -0.3 is 10.1 Å². The first-order valence-corrected chi connectivity index (χ1v) is 5.51. The van der Waals surface area contributed by atoms with Gasteiger partial charge in [0.1, 0.15) is 0 Å². The largest absolute Gasteiger partial charge is 0.477 e. The maximum atomic E-state index is 5.50. The Kier molecular flexibility index (Phi) is 5.10. The van der Waals surface area contributed by atoms with Crippen LogP contribution in [0.5, 0.6) is 5.88 Å². The second-order valence-electron chi connectivity index (χ2n) is 2.88. The highest BCUT2D eigenvalue weighted by Crippen LogP contribution is 2.22. The van der Waals surface area contributed by atoms with Gasteiger partial charge in [0.15, 0.2) is 0 Å². The maximum Gasteiger partial charge on any atom is 0.232 e. The number of hydrogen-bond donors (Lipinski definition) is 1. The third-order valence-corrected chi connectivity index (χ3v) is 2.27. The van der Waals surface area contributed by atoms with Crippen LogP contribution >= 0.6 is 15.9 Å². The minimum atomic E-state index is 0.553. The van der Waals surface area contributed by atoms with Crippen LogP contribution in [0.15, 0.2) is 23.3 Å². The Labute approximate surface area is 97.9 Å². The van der Waals surface area contributed by atoms with E-state index in [-0.39, 0.29) is 0 Å². The Morgan fingerprint density at radius 2 is 2.47 bits per heavy atom. The van der Waals surface area contributed by atoms with Gasteiger partial charge in [0.2, 0.25) is 11.8 Å². The summed E-state index contributed by atoms with van der Waals surface area (Å²) in [6.45, 7) is 4.28. The summed E-state index contributed by atoms with van der Waals surface area (Å²) in [5, 5.41) is 2.86. The first-order chi connectivity index (χ1) is 7.27.